The summed E-state index contributed by atoms with van der Waals surface area (Å²) in [5.74, 6) is 1.10. The molecule has 3 aliphatic carbocycles. The summed E-state index contributed by atoms with van der Waals surface area (Å²) >= 11 is 0. The molecule has 0 aromatic heterocycles. The van der Waals surface area contributed by atoms with Crippen LogP contribution in [-0.4, -0.2) is 24.9 Å². The van der Waals surface area contributed by atoms with E-state index in [0.717, 1.165) is 44.3 Å². The van der Waals surface area contributed by atoms with Gasteiger partial charge < -0.3 is 15.8 Å². The first-order valence-electron chi connectivity index (χ1n) is 11.0. The Labute approximate surface area is 182 Å². The van der Waals surface area contributed by atoms with Crippen LogP contribution in [0.5, 0.6) is 5.75 Å². The molecule has 8 heteroatoms. The van der Waals surface area contributed by atoms with Crippen molar-refractivity contribution >= 4 is 11.7 Å². The highest BCUT2D eigenvalue weighted by Gasteiger charge is 2.52. The van der Waals surface area contributed by atoms with E-state index >= 15 is 0 Å². The lowest BCUT2D eigenvalue weighted by molar-refractivity contribution is -0.137. The van der Waals surface area contributed by atoms with E-state index in [2.05, 4.69) is 27.8 Å². The van der Waals surface area contributed by atoms with Gasteiger partial charge in [0.1, 0.15) is 18.2 Å². The van der Waals surface area contributed by atoms with Crippen molar-refractivity contribution in [3.63, 3.8) is 0 Å². The van der Waals surface area contributed by atoms with Crippen molar-refractivity contribution in [2.45, 2.75) is 63.7 Å². The summed E-state index contributed by atoms with van der Waals surface area (Å²) in [6, 6.07) is 8.18. The van der Waals surface area contributed by atoms with E-state index in [4.69, 9.17) is 16.0 Å². The Hall–Kier alpha value is -2.77. The van der Waals surface area contributed by atoms with Crippen LogP contribution in [0, 0.1) is 10.9 Å². The lowest BCUT2D eigenvalue weighted by Crippen LogP contribution is -2.52. The quantitative estimate of drug-likeness (QED) is 0.216. The molecule has 0 heterocycles. The van der Waals surface area contributed by atoms with Crippen molar-refractivity contribution in [2.24, 2.45) is 21.5 Å². The third kappa shape index (κ3) is 5.11. The van der Waals surface area contributed by atoms with Crippen LogP contribution in [0.3, 0.4) is 0 Å². The summed E-state index contributed by atoms with van der Waals surface area (Å²) in [6.07, 6.45) is 7.26. The van der Waals surface area contributed by atoms with Gasteiger partial charge in [0.15, 0.2) is 0 Å². The molecule has 0 unspecified atom stereocenters. The summed E-state index contributed by atoms with van der Waals surface area (Å²) in [4.78, 5) is 12.9. The first-order chi connectivity index (χ1) is 15.0. The molecule has 3 saturated carbocycles. The molecule has 0 atom stereocenters. The van der Waals surface area contributed by atoms with Gasteiger partial charge >= 0.3 is 0 Å². The van der Waals surface area contributed by atoms with Gasteiger partial charge in [-0.2, -0.15) is 5.53 Å². The lowest BCUT2D eigenvalue weighted by atomic mass is 9.51. The highest BCUT2D eigenvalue weighted by Crippen LogP contribution is 2.57. The fourth-order valence-electron chi connectivity index (χ4n) is 4.86. The zero-order chi connectivity index (χ0) is 22.3. The predicted octanol–water partition coefficient (Wildman–Crippen LogP) is 4.73. The van der Waals surface area contributed by atoms with E-state index in [-0.39, 0.29) is 29.2 Å². The van der Waals surface area contributed by atoms with Crippen molar-refractivity contribution in [2.75, 3.05) is 13.2 Å². The number of nitrogens with two attached hydrogens (primary N) is 1. The summed E-state index contributed by atoms with van der Waals surface area (Å²) in [5, 5.41) is 9.37. The Morgan fingerprint density at radius 2 is 1.87 bits per heavy atom. The average molecular weight is 430 g/mol. The maximum atomic E-state index is 12.9. The van der Waals surface area contributed by atoms with Gasteiger partial charge in [0, 0.05) is 18.4 Å². The summed E-state index contributed by atoms with van der Waals surface area (Å²) in [7, 11) is 0. The molecule has 0 aliphatic heterocycles. The van der Waals surface area contributed by atoms with Crippen LogP contribution >= 0.6 is 0 Å². The molecule has 1 amide bonds. The van der Waals surface area contributed by atoms with Gasteiger partial charge in [-0.05, 0) is 73.6 Å². The largest absolute Gasteiger partial charge is 0.489 e. The van der Waals surface area contributed by atoms with E-state index in [9.17, 15) is 9.18 Å². The number of fused-ring (bicyclic) bond motifs is 3. The summed E-state index contributed by atoms with van der Waals surface area (Å²) in [6.45, 7) is 2.59. The fraction of sp³-hybridized carbons (Fsp3) is 0.565. The number of nitrogens with zero attached hydrogens (tertiary/aromatic N) is 2. The molecule has 1 aromatic carbocycles. The van der Waals surface area contributed by atoms with Gasteiger partial charge in [0.2, 0.25) is 5.91 Å². The van der Waals surface area contributed by atoms with Crippen LogP contribution in [0.1, 0.15) is 63.9 Å². The monoisotopic (exact) mass is 429 g/mol. The number of rotatable bonds is 10. The van der Waals surface area contributed by atoms with E-state index in [1.54, 1.807) is 0 Å². The van der Waals surface area contributed by atoms with E-state index in [1.165, 1.54) is 5.56 Å². The van der Waals surface area contributed by atoms with Crippen LogP contribution < -0.4 is 15.8 Å². The first kappa shape index (κ1) is 22.9. The van der Waals surface area contributed by atoms with Crippen molar-refractivity contribution < 1.29 is 13.9 Å². The Kier molecular flexibility index (Phi) is 7.41. The van der Waals surface area contributed by atoms with Gasteiger partial charge in [0.05, 0.1) is 6.33 Å². The summed E-state index contributed by atoms with van der Waals surface area (Å²) < 4.78 is 18.4. The van der Waals surface area contributed by atoms with Crippen LogP contribution in [0.25, 0.3) is 0 Å². The number of amides is 1. The van der Waals surface area contributed by atoms with E-state index < -0.39 is 0 Å². The number of carbonyl (C=O) groups is 1. The first-order valence-corrected chi connectivity index (χ1v) is 11.0. The molecule has 3 fully saturated rings. The maximum absolute atomic E-state index is 12.9. The molecule has 0 spiro atoms. The van der Waals surface area contributed by atoms with Crippen molar-refractivity contribution in [1.82, 2.24) is 5.32 Å². The molecule has 3 aliphatic rings. The van der Waals surface area contributed by atoms with Crippen LogP contribution in [-0.2, 0) is 10.2 Å². The Morgan fingerprint density at radius 3 is 2.42 bits per heavy atom. The minimum Gasteiger partial charge on any atom is -0.489 e. The zero-order valence-electron chi connectivity index (χ0n) is 18.1. The molecular formula is C23H32FN5O2. The second-order valence-electron chi connectivity index (χ2n) is 8.69. The van der Waals surface area contributed by atoms with E-state index in [1.807, 2.05) is 19.1 Å². The third-order valence-electron chi connectivity index (χ3n) is 7.07. The van der Waals surface area contributed by atoms with Crippen LogP contribution in [0.4, 0.5) is 4.39 Å². The average Bonchev–Trinajstić information content (AvgIpc) is 2.81. The minimum absolute atomic E-state index is 0.104. The Balaban J connectivity index is 1.56. The smallest absolute Gasteiger partial charge is 0.226 e. The Bertz CT molecular complexity index is 825. The Morgan fingerprint density at radius 1 is 1.23 bits per heavy atom. The highest BCUT2D eigenvalue weighted by molar-refractivity contribution is 5.84. The lowest BCUT2D eigenvalue weighted by Gasteiger charge is -2.52. The number of hydrogen-bond donors (Lipinski definition) is 3. The van der Waals surface area contributed by atoms with E-state index in [0.29, 0.717) is 31.3 Å². The molecule has 4 N–H and O–H groups in total. The number of amidine groups is 1. The third-order valence-corrected chi connectivity index (χ3v) is 7.07. The van der Waals surface area contributed by atoms with Gasteiger partial charge in [-0.25, -0.2) is 4.39 Å². The fourth-order valence-corrected chi connectivity index (χ4v) is 4.86. The second-order valence-corrected chi connectivity index (χ2v) is 8.69. The molecule has 1 aromatic rings. The molecule has 168 valence electrons. The number of carbonyl (C=O) groups excluding carboxylic acids is 1. The molecule has 0 saturated heterocycles. The van der Waals surface area contributed by atoms with Gasteiger partial charge in [-0.15, -0.1) is 5.10 Å². The minimum atomic E-state index is -0.286. The van der Waals surface area contributed by atoms with Crippen molar-refractivity contribution in [3.05, 3.63) is 41.7 Å². The molecular weight excluding hydrogens is 397 g/mol. The molecule has 31 heavy (non-hydrogen) atoms. The SMILES string of the molecule is CC/C(=C\F)COc1ccc(C23CCC(C(=O)NCCC(N)=NN=N)(CC2)CC3)cc1. The molecule has 0 radical (unpaired) electrons. The predicted molar refractivity (Wildman–Crippen MR) is 118 cm³/mol. The number of ether oxygens (including phenoxy) is 1. The maximum Gasteiger partial charge on any atom is 0.226 e. The number of halogens is 1. The topological polar surface area (TPSA) is 113 Å². The second kappa shape index (κ2) is 10.0. The van der Waals surface area contributed by atoms with Crippen molar-refractivity contribution in [3.8, 4) is 5.75 Å². The number of benzene rings is 1. The molecule has 4 rings (SSSR count). The molecule has 2 bridgehead atoms. The van der Waals surface area contributed by atoms with Gasteiger partial charge in [-0.3, -0.25) is 4.79 Å². The standard InChI is InChI=1S/C23H32FN5O2/c1-2-17(15-24)16-31-19-5-3-18(4-6-19)22-8-11-23(12-9-22,13-10-22)21(30)27-14-7-20(25)28-29-26/h3-6,15H,2,7-14,16H2,1H3,(H,27,30)(H3,25,26,28)/b17-15+. The van der Waals surface area contributed by atoms with Gasteiger partial charge in [0.25, 0.3) is 0 Å². The number of hydrogen-bond acceptors (Lipinski definition) is 4. The highest BCUT2D eigenvalue weighted by atomic mass is 19.1. The summed E-state index contributed by atoms with van der Waals surface area (Å²) in [5.41, 5.74) is 14.1. The molecule has 7 nitrogen and oxygen atoms in total. The van der Waals surface area contributed by atoms with Crippen molar-refractivity contribution in [1.29, 1.82) is 5.53 Å². The van der Waals surface area contributed by atoms with Crippen LogP contribution in [0.15, 0.2) is 46.5 Å². The van der Waals surface area contributed by atoms with Crippen LogP contribution in [0.2, 0.25) is 0 Å². The number of nitrogens with one attached hydrogen (secondary N) is 2. The normalized spacial score (nSPS) is 25.9. The van der Waals surface area contributed by atoms with Gasteiger partial charge in [-0.1, -0.05) is 24.3 Å². The zero-order valence-corrected chi connectivity index (χ0v) is 18.1.